The average Bonchev–Trinajstić information content (AvgIpc) is 3.18. The number of nitrogens with one attached hydrogen (secondary N) is 1. The van der Waals surface area contributed by atoms with Gasteiger partial charge in [-0.25, -0.2) is 4.68 Å². The van der Waals surface area contributed by atoms with Crippen molar-refractivity contribution in [3.8, 4) is 0 Å². The Kier molecular flexibility index (Phi) is 4.79. The van der Waals surface area contributed by atoms with Crippen molar-refractivity contribution in [3.63, 3.8) is 0 Å². The van der Waals surface area contributed by atoms with Crippen LogP contribution < -0.4 is 10.9 Å². The summed E-state index contributed by atoms with van der Waals surface area (Å²) in [6, 6.07) is 0.344. The van der Waals surface area contributed by atoms with E-state index < -0.39 is 0 Å². The van der Waals surface area contributed by atoms with Crippen molar-refractivity contribution in [2.24, 2.45) is 5.92 Å². The fourth-order valence-corrected chi connectivity index (χ4v) is 4.34. The Hall–Kier alpha value is -0.680. The van der Waals surface area contributed by atoms with Crippen molar-refractivity contribution in [2.45, 2.75) is 56.9 Å². The lowest BCUT2D eigenvalue weighted by Crippen LogP contribution is -2.33. The number of hydrogen-bond donors (Lipinski definition) is 1. The molecule has 21 heavy (non-hydrogen) atoms. The average molecular weight is 328 g/mol. The third-order valence-corrected chi connectivity index (χ3v) is 5.90. The van der Waals surface area contributed by atoms with E-state index in [4.69, 9.17) is 11.6 Å². The number of thioether (sulfide) groups is 1. The highest BCUT2D eigenvalue weighted by Crippen LogP contribution is 2.33. The maximum atomic E-state index is 12.6. The Morgan fingerprint density at radius 3 is 2.95 bits per heavy atom. The van der Waals surface area contributed by atoms with Gasteiger partial charge in [-0.15, -0.1) is 0 Å². The van der Waals surface area contributed by atoms with Crippen LogP contribution in [0.3, 0.4) is 0 Å². The largest absolute Gasteiger partial charge is 0.375 e. The maximum Gasteiger partial charge on any atom is 0.291 e. The van der Waals surface area contributed by atoms with Crippen LogP contribution in [0.2, 0.25) is 5.02 Å². The second-order valence-corrected chi connectivity index (χ2v) is 7.90. The van der Waals surface area contributed by atoms with E-state index in [1.165, 1.54) is 25.7 Å². The van der Waals surface area contributed by atoms with Crippen LogP contribution in [0.1, 0.15) is 39.0 Å². The molecule has 1 aromatic heterocycles. The molecule has 2 unspecified atom stereocenters. The fourth-order valence-electron chi connectivity index (χ4n) is 2.96. The van der Waals surface area contributed by atoms with Gasteiger partial charge in [0.1, 0.15) is 5.69 Å². The van der Waals surface area contributed by atoms with Crippen LogP contribution in [0, 0.1) is 5.92 Å². The number of halogens is 1. The van der Waals surface area contributed by atoms with Gasteiger partial charge in [0.2, 0.25) is 0 Å². The Morgan fingerprint density at radius 1 is 1.43 bits per heavy atom. The van der Waals surface area contributed by atoms with Gasteiger partial charge >= 0.3 is 0 Å². The summed E-state index contributed by atoms with van der Waals surface area (Å²) >= 11 is 8.18. The molecule has 2 atom stereocenters. The summed E-state index contributed by atoms with van der Waals surface area (Å²) in [6.07, 6.45) is 7.56. The van der Waals surface area contributed by atoms with Gasteiger partial charge in [-0.2, -0.15) is 16.9 Å². The lowest BCUT2D eigenvalue weighted by molar-refractivity contribution is 0.534. The Morgan fingerprint density at radius 2 is 2.24 bits per heavy atom. The smallest absolute Gasteiger partial charge is 0.291 e. The molecule has 3 rings (SSSR count). The van der Waals surface area contributed by atoms with Gasteiger partial charge in [-0.1, -0.05) is 24.9 Å². The normalized spacial score (nSPS) is 25.2. The standard InChI is InChI=1S/C15H22ClN3OS/c1-2-21-13-5-3-4-12(13)18-14-11(16)8-17-19(15(14)20)9-10-6-7-10/h8,10,12-13,18H,2-7,9H2,1H3. The third-order valence-electron chi connectivity index (χ3n) is 4.29. The number of hydrogen-bond acceptors (Lipinski definition) is 4. The van der Waals surface area contributed by atoms with Gasteiger partial charge in [0, 0.05) is 17.8 Å². The fraction of sp³-hybridized carbons (Fsp3) is 0.733. The van der Waals surface area contributed by atoms with Crippen molar-refractivity contribution in [3.05, 3.63) is 21.6 Å². The first-order valence-corrected chi connectivity index (χ1v) is 9.25. The molecule has 0 spiro atoms. The maximum absolute atomic E-state index is 12.6. The third kappa shape index (κ3) is 3.57. The summed E-state index contributed by atoms with van der Waals surface area (Å²) in [6.45, 7) is 2.91. The monoisotopic (exact) mass is 327 g/mol. The van der Waals surface area contributed by atoms with Crippen LogP contribution in [-0.4, -0.2) is 26.8 Å². The zero-order valence-electron chi connectivity index (χ0n) is 12.3. The molecule has 0 aromatic carbocycles. The molecule has 2 fully saturated rings. The molecule has 1 heterocycles. The van der Waals surface area contributed by atoms with Crippen LogP contribution in [-0.2, 0) is 6.54 Å². The minimum atomic E-state index is -0.0680. The van der Waals surface area contributed by atoms with Gasteiger partial charge in [-0.3, -0.25) is 4.79 Å². The van der Waals surface area contributed by atoms with Gasteiger partial charge in [0.05, 0.1) is 11.2 Å². The minimum absolute atomic E-state index is 0.0680. The molecule has 2 aliphatic carbocycles. The summed E-state index contributed by atoms with van der Waals surface area (Å²) < 4.78 is 1.57. The second kappa shape index (κ2) is 6.61. The number of rotatable bonds is 6. The Balaban J connectivity index is 1.78. The van der Waals surface area contributed by atoms with Crippen LogP contribution in [0.25, 0.3) is 0 Å². The Bertz CT molecular complexity index is 558. The molecule has 1 aromatic rings. The zero-order chi connectivity index (χ0) is 14.8. The highest BCUT2D eigenvalue weighted by molar-refractivity contribution is 7.99. The van der Waals surface area contributed by atoms with Crippen molar-refractivity contribution in [2.75, 3.05) is 11.1 Å². The molecule has 0 aliphatic heterocycles. The van der Waals surface area contributed by atoms with Crippen molar-refractivity contribution >= 4 is 29.1 Å². The Labute approximate surface area is 134 Å². The van der Waals surface area contributed by atoms with Crippen LogP contribution >= 0.6 is 23.4 Å². The van der Waals surface area contributed by atoms with Gasteiger partial charge < -0.3 is 5.32 Å². The summed E-state index contributed by atoms with van der Waals surface area (Å²) in [5.41, 5.74) is 0.475. The van der Waals surface area contributed by atoms with E-state index in [0.29, 0.717) is 27.9 Å². The molecule has 0 saturated heterocycles. The molecule has 4 nitrogen and oxygen atoms in total. The first-order valence-electron chi connectivity index (χ1n) is 7.82. The highest BCUT2D eigenvalue weighted by atomic mass is 35.5. The lowest BCUT2D eigenvalue weighted by Gasteiger charge is -2.21. The zero-order valence-corrected chi connectivity index (χ0v) is 13.9. The quantitative estimate of drug-likeness (QED) is 0.870. The molecular formula is C15H22ClN3OS. The van der Waals surface area contributed by atoms with E-state index in [1.54, 1.807) is 10.9 Å². The molecule has 6 heteroatoms. The summed E-state index contributed by atoms with van der Waals surface area (Å²) in [5, 5.41) is 8.62. The first kappa shape index (κ1) is 15.2. The van der Waals surface area contributed by atoms with Crippen molar-refractivity contribution in [1.82, 2.24) is 9.78 Å². The van der Waals surface area contributed by atoms with Gasteiger partial charge in [0.25, 0.3) is 5.56 Å². The van der Waals surface area contributed by atoms with Gasteiger partial charge in [0.15, 0.2) is 0 Å². The molecular weight excluding hydrogens is 306 g/mol. The summed E-state index contributed by atoms with van der Waals surface area (Å²) in [5.74, 6) is 1.73. The summed E-state index contributed by atoms with van der Waals surface area (Å²) in [4.78, 5) is 12.6. The number of aromatic nitrogens is 2. The highest BCUT2D eigenvalue weighted by Gasteiger charge is 2.29. The van der Waals surface area contributed by atoms with E-state index >= 15 is 0 Å². The van der Waals surface area contributed by atoms with Gasteiger partial charge in [-0.05, 0) is 37.4 Å². The SMILES string of the molecule is CCSC1CCCC1Nc1c(Cl)cnn(CC2CC2)c1=O. The molecule has 0 bridgehead atoms. The first-order chi connectivity index (χ1) is 10.2. The van der Waals surface area contributed by atoms with Crippen molar-refractivity contribution < 1.29 is 0 Å². The lowest BCUT2D eigenvalue weighted by atomic mass is 10.2. The molecule has 2 saturated carbocycles. The van der Waals surface area contributed by atoms with E-state index in [0.717, 1.165) is 18.7 Å². The molecule has 2 aliphatic rings. The number of anilines is 1. The van der Waals surface area contributed by atoms with E-state index in [2.05, 4.69) is 17.3 Å². The predicted molar refractivity (Wildman–Crippen MR) is 89.4 cm³/mol. The van der Waals surface area contributed by atoms with Crippen molar-refractivity contribution in [1.29, 1.82) is 0 Å². The van der Waals surface area contributed by atoms with Crippen LogP contribution in [0.15, 0.2) is 11.0 Å². The second-order valence-electron chi connectivity index (χ2n) is 5.97. The molecule has 0 radical (unpaired) electrons. The molecule has 1 N–H and O–H groups in total. The van der Waals surface area contributed by atoms with E-state index in [1.807, 2.05) is 11.8 Å². The van der Waals surface area contributed by atoms with Crippen LogP contribution in [0.4, 0.5) is 5.69 Å². The van der Waals surface area contributed by atoms with E-state index in [-0.39, 0.29) is 5.56 Å². The van der Waals surface area contributed by atoms with E-state index in [9.17, 15) is 4.79 Å². The van der Waals surface area contributed by atoms with Crippen LogP contribution in [0.5, 0.6) is 0 Å². The minimum Gasteiger partial charge on any atom is -0.375 e. The molecule has 116 valence electrons. The summed E-state index contributed by atoms with van der Waals surface area (Å²) in [7, 11) is 0. The predicted octanol–water partition coefficient (Wildman–Crippen LogP) is 3.39. The number of nitrogens with zero attached hydrogens (tertiary/aromatic N) is 2. The molecule has 0 amide bonds. The topological polar surface area (TPSA) is 46.9 Å².